The van der Waals surface area contributed by atoms with E-state index in [-0.39, 0.29) is 11.9 Å². The second-order valence-electron chi connectivity index (χ2n) is 5.32. The van der Waals surface area contributed by atoms with Crippen molar-refractivity contribution in [2.45, 2.75) is 44.7 Å². The van der Waals surface area contributed by atoms with Crippen molar-refractivity contribution >= 4 is 5.91 Å². The lowest BCUT2D eigenvalue weighted by Gasteiger charge is -2.34. The number of likely N-dealkylation sites (tertiary alicyclic amines) is 1. The van der Waals surface area contributed by atoms with Crippen LogP contribution in [0.4, 0.5) is 0 Å². The SMILES string of the molecule is CC1CCN(CCC(=O)NC2CC2)CC1N. The molecule has 2 unspecified atom stereocenters. The van der Waals surface area contributed by atoms with E-state index in [1.165, 1.54) is 0 Å². The topological polar surface area (TPSA) is 58.4 Å². The van der Waals surface area contributed by atoms with E-state index in [0.717, 1.165) is 38.9 Å². The quantitative estimate of drug-likeness (QED) is 0.724. The number of nitrogens with two attached hydrogens (primary N) is 1. The summed E-state index contributed by atoms with van der Waals surface area (Å²) in [5, 5.41) is 3.02. The Hall–Kier alpha value is -0.610. The molecule has 1 heterocycles. The van der Waals surface area contributed by atoms with E-state index in [1.807, 2.05) is 0 Å². The van der Waals surface area contributed by atoms with Gasteiger partial charge in [-0.2, -0.15) is 0 Å². The molecule has 0 radical (unpaired) electrons. The third kappa shape index (κ3) is 3.46. The summed E-state index contributed by atoms with van der Waals surface area (Å²) < 4.78 is 0. The number of hydrogen-bond acceptors (Lipinski definition) is 3. The lowest BCUT2D eigenvalue weighted by Crippen LogP contribution is -2.48. The normalized spacial score (nSPS) is 31.4. The molecule has 0 spiro atoms. The Morgan fingerprint density at radius 1 is 1.44 bits per heavy atom. The lowest BCUT2D eigenvalue weighted by atomic mass is 9.94. The number of carbonyl (C=O) groups is 1. The zero-order chi connectivity index (χ0) is 11.5. The van der Waals surface area contributed by atoms with Gasteiger partial charge in [0.2, 0.25) is 5.91 Å². The Kier molecular flexibility index (Phi) is 3.82. The molecule has 1 aliphatic heterocycles. The van der Waals surface area contributed by atoms with Crippen LogP contribution in [0.25, 0.3) is 0 Å². The number of amides is 1. The summed E-state index contributed by atoms with van der Waals surface area (Å²) in [6, 6.07) is 0.761. The first kappa shape index (κ1) is 11.9. The molecule has 92 valence electrons. The molecule has 4 heteroatoms. The number of piperidine rings is 1. The lowest BCUT2D eigenvalue weighted by molar-refractivity contribution is -0.121. The minimum Gasteiger partial charge on any atom is -0.353 e. The minimum absolute atomic E-state index is 0.203. The second kappa shape index (κ2) is 5.15. The third-order valence-electron chi connectivity index (χ3n) is 3.70. The highest BCUT2D eigenvalue weighted by molar-refractivity contribution is 5.76. The predicted octanol–water partition coefficient (Wildman–Crippen LogP) is 0.324. The Labute approximate surface area is 97.6 Å². The van der Waals surface area contributed by atoms with Crippen LogP contribution < -0.4 is 11.1 Å². The third-order valence-corrected chi connectivity index (χ3v) is 3.70. The van der Waals surface area contributed by atoms with Gasteiger partial charge in [0, 0.05) is 31.6 Å². The molecule has 1 aliphatic carbocycles. The summed E-state index contributed by atoms with van der Waals surface area (Å²) in [4.78, 5) is 13.8. The van der Waals surface area contributed by atoms with Crippen LogP contribution in [-0.2, 0) is 4.79 Å². The minimum atomic E-state index is 0.203. The Bertz CT molecular complexity index is 253. The molecule has 1 saturated heterocycles. The van der Waals surface area contributed by atoms with Crippen LogP contribution in [-0.4, -0.2) is 42.5 Å². The van der Waals surface area contributed by atoms with Crippen molar-refractivity contribution < 1.29 is 4.79 Å². The molecule has 4 nitrogen and oxygen atoms in total. The maximum absolute atomic E-state index is 11.5. The highest BCUT2D eigenvalue weighted by Gasteiger charge is 2.25. The molecule has 2 atom stereocenters. The molecule has 2 rings (SSSR count). The Morgan fingerprint density at radius 3 is 2.81 bits per heavy atom. The van der Waals surface area contributed by atoms with E-state index in [0.29, 0.717) is 18.4 Å². The van der Waals surface area contributed by atoms with Crippen LogP contribution in [0.15, 0.2) is 0 Å². The average Bonchev–Trinajstić information content (AvgIpc) is 3.04. The van der Waals surface area contributed by atoms with Gasteiger partial charge in [-0.15, -0.1) is 0 Å². The van der Waals surface area contributed by atoms with Gasteiger partial charge in [0.05, 0.1) is 0 Å². The Morgan fingerprint density at radius 2 is 2.19 bits per heavy atom. The van der Waals surface area contributed by atoms with Crippen molar-refractivity contribution in [3.05, 3.63) is 0 Å². The van der Waals surface area contributed by atoms with Crippen LogP contribution in [0, 0.1) is 5.92 Å². The molecule has 1 amide bonds. The summed E-state index contributed by atoms with van der Waals surface area (Å²) in [5.74, 6) is 0.825. The fourth-order valence-electron chi connectivity index (χ4n) is 2.16. The van der Waals surface area contributed by atoms with E-state index in [9.17, 15) is 4.79 Å². The van der Waals surface area contributed by atoms with Crippen LogP contribution in [0.1, 0.15) is 32.6 Å². The molecule has 0 bridgehead atoms. The van der Waals surface area contributed by atoms with Crippen LogP contribution in [0.2, 0.25) is 0 Å². The van der Waals surface area contributed by atoms with Gasteiger partial charge in [0.15, 0.2) is 0 Å². The Balaban J connectivity index is 1.63. The number of nitrogens with one attached hydrogen (secondary N) is 1. The van der Waals surface area contributed by atoms with E-state index >= 15 is 0 Å². The molecule has 0 aromatic heterocycles. The van der Waals surface area contributed by atoms with E-state index < -0.39 is 0 Å². The van der Waals surface area contributed by atoms with Crippen molar-refractivity contribution in [3.8, 4) is 0 Å². The molecule has 16 heavy (non-hydrogen) atoms. The van der Waals surface area contributed by atoms with Crippen molar-refractivity contribution in [1.29, 1.82) is 0 Å². The van der Waals surface area contributed by atoms with Gasteiger partial charge in [-0.1, -0.05) is 6.92 Å². The molecular formula is C12H23N3O. The highest BCUT2D eigenvalue weighted by atomic mass is 16.1. The summed E-state index contributed by atoms with van der Waals surface area (Å²) in [5.41, 5.74) is 6.02. The second-order valence-corrected chi connectivity index (χ2v) is 5.32. The van der Waals surface area contributed by atoms with Gasteiger partial charge < -0.3 is 16.0 Å². The first-order valence-corrected chi connectivity index (χ1v) is 6.42. The number of rotatable bonds is 4. The van der Waals surface area contributed by atoms with Gasteiger partial charge in [-0.3, -0.25) is 4.79 Å². The van der Waals surface area contributed by atoms with E-state index in [4.69, 9.17) is 5.73 Å². The van der Waals surface area contributed by atoms with E-state index in [2.05, 4.69) is 17.1 Å². The average molecular weight is 225 g/mol. The van der Waals surface area contributed by atoms with Crippen molar-refractivity contribution in [2.24, 2.45) is 11.7 Å². The number of hydrogen-bond donors (Lipinski definition) is 2. The first-order chi connectivity index (χ1) is 7.65. The standard InChI is InChI=1S/C12H23N3O/c1-9-4-6-15(8-11(9)13)7-5-12(16)14-10-2-3-10/h9-11H,2-8,13H2,1H3,(H,14,16). The van der Waals surface area contributed by atoms with Gasteiger partial charge in [0.25, 0.3) is 0 Å². The van der Waals surface area contributed by atoms with E-state index in [1.54, 1.807) is 0 Å². The fourth-order valence-corrected chi connectivity index (χ4v) is 2.16. The molecule has 2 fully saturated rings. The number of carbonyl (C=O) groups excluding carboxylic acids is 1. The molecule has 0 aromatic carbocycles. The molecule has 2 aliphatic rings. The largest absolute Gasteiger partial charge is 0.353 e. The maximum atomic E-state index is 11.5. The molecular weight excluding hydrogens is 202 g/mol. The van der Waals surface area contributed by atoms with Crippen LogP contribution >= 0.6 is 0 Å². The van der Waals surface area contributed by atoms with Gasteiger partial charge in [0.1, 0.15) is 0 Å². The van der Waals surface area contributed by atoms with Crippen molar-refractivity contribution in [2.75, 3.05) is 19.6 Å². The summed E-state index contributed by atoms with van der Waals surface area (Å²) >= 11 is 0. The smallest absolute Gasteiger partial charge is 0.221 e. The zero-order valence-corrected chi connectivity index (χ0v) is 10.1. The van der Waals surface area contributed by atoms with Crippen LogP contribution in [0.3, 0.4) is 0 Å². The monoisotopic (exact) mass is 225 g/mol. The molecule has 0 aromatic rings. The van der Waals surface area contributed by atoms with Gasteiger partial charge in [-0.05, 0) is 31.7 Å². The van der Waals surface area contributed by atoms with Gasteiger partial charge in [-0.25, -0.2) is 0 Å². The first-order valence-electron chi connectivity index (χ1n) is 6.42. The van der Waals surface area contributed by atoms with Crippen molar-refractivity contribution in [3.63, 3.8) is 0 Å². The highest BCUT2D eigenvalue weighted by Crippen LogP contribution is 2.19. The number of nitrogens with zero attached hydrogens (tertiary/aromatic N) is 1. The summed E-state index contributed by atoms with van der Waals surface area (Å²) in [6.45, 7) is 5.10. The molecule has 1 saturated carbocycles. The van der Waals surface area contributed by atoms with Gasteiger partial charge >= 0.3 is 0 Å². The fraction of sp³-hybridized carbons (Fsp3) is 0.917. The van der Waals surface area contributed by atoms with Crippen LogP contribution in [0.5, 0.6) is 0 Å². The maximum Gasteiger partial charge on any atom is 0.221 e. The van der Waals surface area contributed by atoms with Crippen molar-refractivity contribution in [1.82, 2.24) is 10.2 Å². The summed E-state index contributed by atoms with van der Waals surface area (Å²) in [7, 11) is 0. The zero-order valence-electron chi connectivity index (χ0n) is 10.1. The predicted molar refractivity (Wildman–Crippen MR) is 64.0 cm³/mol. The molecule has 3 N–H and O–H groups in total. The summed E-state index contributed by atoms with van der Waals surface area (Å²) in [6.07, 6.45) is 4.11.